The van der Waals surface area contributed by atoms with Gasteiger partial charge in [-0.3, -0.25) is 13.9 Å². The van der Waals surface area contributed by atoms with Gasteiger partial charge in [0.1, 0.15) is 12.6 Å². The first kappa shape index (κ1) is 27.7. The number of halogens is 1. The lowest BCUT2D eigenvalue weighted by Gasteiger charge is -2.32. The second kappa shape index (κ2) is 12.2. The number of aryl methyl sites for hydroxylation is 2. The van der Waals surface area contributed by atoms with Crippen LogP contribution in [0.25, 0.3) is 0 Å². The van der Waals surface area contributed by atoms with Gasteiger partial charge in [-0.2, -0.15) is 0 Å². The topological polar surface area (TPSA) is 86.8 Å². The molecule has 186 valence electrons. The number of carbonyl (C=O) groups is 2. The first-order valence-corrected chi connectivity index (χ1v) is 13.5. The van der Waals surface area contributed by atoms with Crippen molar-refractivity contribution in [3.63, 3.8) is 0 Å². The molecule has 0 aliphatic heterocycles. The molecule has 2 aromatic carbocycles. The van der Waals surface area contributed by atoms with Crippen molar-refractivity contribution in [2.45, 2.75) is 53.1 Å². The highest BCUT2D eigenvalue weighted by Crippen LogP contribution is 2.26. The summed E-state index contributed by atoms with van der Waals surface area (Å²) in [6.45, 7) is 7.65. The molecule has 2 rings (SSSR count). The molecule has 1 atom stereocenters. The molecule has 0 aromatic heterocycles. The first-order valence-electron chi connectivity index (χ1n) is 11.3. The maximum absolute atomic E-state index is 13.5. The maximum atomic E-state index is 13.5. The van der Waals surface area contributed by atoms with Crippen molar-refractivity contribution in [2.24, 2.45) is 0 Å². The molecule has 0 bridgehead atoms. The van der Waals surface area contributed by atoms with Gasteiger partial charge in [-0.1, -0.05) is 60.8 Å². The fourth-order valence-electron chi connectivity index (χ4n) is 3.45. The predicted octanol–water partition coefficient (Wildman–Crippen LogP) is 4.06. The molecule has 7 nitrogen and oxygen atoms in total. The number of benzene rings is 2. The third kappa shape index (κ3) is 7.74. The molecular formula is C25H34ClN3O4S. The minimum atomic E-state index is -3.80. The van der Waals surface area contributed by atoms with Crippen molar-refractivity contribution in [3.05, 3.63) is 64.2 Å². The van der Waals surface area contributed by atoms with E-state index < -0.39 is 28.5 Å². The zero-order chi connectivity index (χ0) is 25.5. The zero-order valence-corrected chi connectivity index (χ0v) is 22.0. The molecule has 0 saturated carbocycles. The summed E-state index contributed by atoms with van der Waals surface area (Å²) in [5, 5.41) is 3.23. The highest BCUT2D eigenvalue weighted by Gasteiger charge is 2.30. The molecule has 1 unspecified atom stereocenters. The lowest BCUT2D eigenvalue weighted by Crippen LogP contribution is -2.51. The molecule has 2 aromatic rings. The lowest BCUT2D eigenvalue weighted by atomic mass is 10.1. The number of unbranched alkanes of at least 4 members (excludes halogenated alkanes) is 1. The Morgan fingerprint density at radius 1 is 1.09 bits per heavy atom. The largest absolute Gasteiger partial charge is 0.354 e. The van der Waals surface area contributed by atoms with E-state index >= 15 is 0 Å². The van der Waals surface area contributed by atoms with E-state index in [-0.39, 0.29) is 12.5 Å². The Labute approximate surface area is 208 Å². The van der Waals surface area contributed by atoms with Crippen molar-refractivity contribution in [2.75, 3.05) is 23.7 Å². The quantitative estimate of drug-likeness (QED) is 0.465. The van der Waals surface area contributed by atoms with Gasteiger partial charge in [-0.05, 0) is 50.5 Å². The van der Waals surface area contributed by atoms with E-state index in [1.165, 1.54) is 11.0 Å². The van der Waals surface area contributed by atoms with Crippen LogP contribution in [0.15, 0.2) is 42.5 Å². The van der Waals surface area contributed by atoms with Crippen molar-refractivity contribution in [1.29, 1.82) is 0 Å². The third-order valence-corrected chi connectivity index (χ3v) is 6.95. The summed E-state index contributed by atoms with van der Waals surface area (Å²) in [7, 11) is -3.80. The van der Waals surface area contributed by atoms with Crippen molar-refractivity contribution in [1.82, 2.24) is 10.2 Å². The van der Waals surface area contributed by atoms with E-state index in [1.54, 1.807) is 26.0 Å². The average Bonchev–Trinajstić information content (AvgIpc) is 2.77. The Morgan fingerprint density at radius 2 is 1.74 bits per heavy atom. The summed E-state index contributed by atoms with van der Waals surface area (Å²) >= 11 is 6.11. The molecule has 34 heavy (non-hydrogen) atoms. The minimum Gasteiger partial charge on any atom is -0.354 e. The number of hydrogen-bond acceptors (Lipinski definition) is 4. The summed E-state index contributed by atoms with van der Waals surface area (Å²) in [5.74, 6) is -0.762. The molecule has 0 radical (unpaired) electrons. The SMILES string of the molecule is CCCCNC(=O)C(C)N(Cc1ccc(C)cc1)C(=O)CN(c1cc(Cl)ccc1C)S(C)(=O)=O. The highest BCUT2D eigenvalue weighted by atomic mass is 35.5. The van der Waals surface area contributed by atoms with Crippen LogP contribution >= 0.6 is 11.6 Å². The normalized spacial score (nSPS) is 12.2. The molecule has 1 N–H and O–H groups in total. The van der Waals surface area contributed by atoms with E-state index in [4.69, 9.17) is 11.6 Å². The van der Waals surface area contributed by atoms with E-state index in [1.807, 2.05) is 38.1 Å². The van der Waals surface area contributed by atoms with Crippen LogP contribution in [0, 0.1) is 13.8 Å². The predicted molar refractivity (Wildman–Crippen MR) is 137 cm³/mol. The summed E-state index contributed by atoms with van der Waals surface area (Å²) in [4.78, 5) is 27.7. The van der Waals surface area contributed by atoms with Crippen LogP contribution in [0.1, 0.15) is 43.4 Å². The number of nitrogens with zero attached hydrogens (tertiary/aromatic N) is 2. The molecule has 0 fully saturated rings. The Hall–Kier alpha value is -2.58. The maximum Gasteiger partial charge on any atom is 0.244 e. The van der Waals surface area contributed by atoms with E-state index in [0.29, 0.717) is 22.8 Å². The van der Waals surface area contributed by atoms with Crippen molar-refractivity contribution in [3.8, 4) is 0 Å². The van der Waals surface area contributed by atoms with E-state index in [0.717, 1.165) is 34.5 Å². The second-order valence-corrected chi connectivity index (χ2v) is 10.9. The lowest BCUT2D eigenvalue weighted by molar-refractivity contribution is -0.139. The fourth-order valence-corrected chi connectivity index (χ4v) is 4.52. The van der Waals surface area contributed by atoms with Crippen LogP contribution in [0.4, 0.5) is 5.69 Å². The second-order valence-electron chi connectivity index (χ2n) is 8.53. The van der Waals surface area contributed by atoms with Crippen LogP contribution in [0.5, 0.6) is 0 Å². The Morgan fingerprint density at radius 3 is 2.32 bits per heavy atom. The smallest absolute Gasteiger partial charge is 0.244 e. The van der Waals surface area contributed by atoms with Gasteiger partial charge in [-0.15, -0.1) is 0 Å². The number of amides is 2. The number of sulfonamides is 1. The first-order chi connectivity index (χ1) is 15.9. The molecule has 0 saturated heterocycles. The summed E-state index contributed by atoms with van der Waals surface area (Å²) in [6.07, 6.45) is 2.81. The molecule has 0 aliphatic carbocycles. The van der Waals surface area contributed by atoms with Gasteiger partial charge in [0.15, 0.2) is 0 Å². The van der Waals surface area contributed by atoms with E-state index in [9.17, 15) is 18.0 Å². The fraction of sp³-hybridized carbons (Fsp3) is 0.440. The third-order valence-electron chi connectivity index (χ3n) is 5.59. The molecule has 0 aliphatic rings. The average molecular weight is 508 g/mol. The highest BCUT2D eigenvalue weighted by molar-refractivity contribution is 7.92. The standard InChI is InChI=1S/C25H34ClN3O4S/c1-6-7-14-27-25(31)20(4)28(16-21-11-8-18(2)9-12-21)24(30)17-29(34(5,32)33)23-15-22(26)13-10-19(23)3/h8-13,15,20H,6-7,14,16-17H2,1-5H3,(H,27,31). The van der Waals surface area contributed by atoms with Gasteiger partial charge in [0, 0.05) is 18.1 Å². The van der Waals surface area contributed by atoms with Gasteiger partial charge in [-0.25, -0.2) is 8.42 Å². The summed E-state index contributed by atoms with van der Waals surface area (Å²) < 4.78 is 26.4. The summed E-state index contributed by atoms with van der Waals surface area (Å²) in [5.41, 5.74) is 2.92. The van der Waals surface area contributed by atoms with Crippen LogP contribution in [-0.2, 0) is 26.2 Å². The van der Waals surface area contributed by atoms with Crippen molar-refractivity contribution < 1.29 is 18.0 Å². The Bertz CT molecular complexity index is 1100. The number of carbonyl (C=O) groups excluding carboxylic acids is 2. The van der Waals surface area contributed by atoms with E-state index in [2.05, 4.69) is 5.32 Å². The Balaban J connectivity index is 2.38. The minimum absolute atomic E-state index is 0.174. The Kier molecular flexibility index (Phi) is 9.94. The van der Waals surface area contributed by atoms with Crippen LogP contribution in [0.3, 0.4) is 0 Å². The van der Waals surface area contributed by atoms with Gasteiger partial charge >= 0.3 is 0 Å². The number of rotatable bonds is 11. The van der Waals surface area contributed by atoms with Gasteiger partial charge in [0.05, 0.1) is 11.9 Å². The number of nitrogens with one attached hydrogen (secondary N) is 1. The van der Waals surface area contributed by atoms with Crippen molar-refractivity contribution >= 4 is 39.1 Å². The number of anilines is 1. The monoisotopic (exact) mass is 507 g/mol. The molecule has 0 spiro atoms. The summed E-state index contributed by atoms with van der Waals surface area (Å²) in [6, 6.07) is 11.8. The molecule has 0 heterocycles. The molecule has 2 amide bonds. The molecular weight excluding hydrogens is 474 g/mol. The van der Waals surface area contributed by atoms with Crippen LogP contribution in [0.2, 0.25) is 5.02 Å². The van der Waals surface area contributed by atoms with Gasteiger partial charge < -0.3 is 10.2 Å². The molecule has 9 heteroatoms. The zero-order valence-electron chi connectivity index (χ0n) is 20.5. The number of hydrogen-bond donors (Lipinski definition) is 1. The van der Waals surface area contributed by atoms with Gasteiger partial charge in [0.25, 0.3) is 0 Å². The van der Waals surface area contributed by atoms with Crippen LogP contribution in [-0.4, -0.2) is 50.5 Å². The van der Waals surface area contributed by atoms with Crippen LogP contribution < -0.4 is 9.62 Å². The van der Waals surface area contributed by atoms with Gasteiger partial charge in [0.2, 0.25) is 21.8 Å².